The molecule has 2 saturated heterocycles. The summed E-state index contributed by atoms with van der Waals surface area (Å²) in [4.78, 5) is 0. The van der Waals surface area contributed by atoms with Crippen molar-refractivity contribution < 1.29 is 28.4 Å². The maximum absolute atomic E-state index is 7.12. The molecule has 2 aliphatic heterocycles. The molecule has 6 nitrogen and oxygen atoms in total. The van der Waals surface area contributed by atoms with Gasteiger partial charge in [0.05, 0.1) is 33.0 Å². The number of epoxide rings is 1. The first-order valence-electron chi connectivity index (χ1n) is 16.7. The van der Waals surface area contributed by atoms with Crippen molar-refractivity contribution >= 4 is 0 Å². The highest BCUT2D eigenvalue weighted by Crippen LogP contribution is 2.63. The molecule has 1 saturated carbocycles. The molecule has 4 aromatic rings. The summed E-state index contributed by atoms with van der Waals surface area (Å²) >= 11 is 0. The Morgan fingerprint density at radius 1 is 0.522 bits per heavy atom. The van der Waals surface area contributed by atoms with Crippen molar-refractivity contribution in [2.75, 3.05) is 6.61 Å². The van der Waals surface area contributed by atoms with E-state index in [0.29, 0.717) is 33.0 Å². The van der Waals surface area contributed by atoms with Crippen molar-refractivity contribution in [3.8, 4) is 0 Å². The molecule has 240 valence electrons. The van der Waals surface area contributed by atoms with Gasteiger partial charge in [0.15, 0.2) is 0 Å². The minimum atomic E-state index is -0.934. The minimum Gasteiger partial charge on any atom is -0.374 e. The standard InChI is InChI=1S/C40H44O6/c1-6-16-31(17-7-1)26-41-30-35-36(42-27-32-18-8-2-9-19-32)37(43-28-33-20-10-3-11-21-33)38(44-29-34-22-12-4-13-23-34)40(45-35)39(46-40)24-14-5-15-25-39/h1-4,6-13,16-23,35-38H,5,14-15,24-30H2/t35-,36-,37+,38-,40-/m1/s1. The Balaban J connectivity index is 1.22. The Hall–Kier alpha value is -3.36. The summed E-state index contributed by atoms with van der Waals surface area (Å²) in [7, 11) is 0. The molecule has 0 amide bonds. The smallest absolute Gasteiger partial charge is 0.228 e. The fourth-order valence-electron chi connectivity index (χ4n) is 7.12. The van der Waals surface area contributed by atoms with Crippen LogP contribution in [-0.4, -0.2) is 42.4 Å². The lowest BCUT2D eigenvalue weighted by atomic mass is 9.79. The molecular formula is C40H44O6. The first-order chi connectivity index (χ1) is 22.7. The molecule has 7 rings (SSSR count). The zero-order chi connectivity index (χ0) is 31.1. The van der Waals surface area contributed by atoms with E-state index >= 15 is 0 Å². The van der Waals surface area contributed by atoms with Crippen molar-refractivity contribution in [1.82, 2.24) is 0 Å². The zero-order valence-corrected chi connectivity index (χ0v) is 26.4. The Kier molecular flexibility index (Phi) is 9.92. The maximum Gasteiger partial charge on any atom is 0.228 e. The Morgan fingerprint density at radius 2 is 0.978 bits per heavy atom. The quantitative estimate of drug-likeness (QED) is 0.142. The Morgan fingerprint density at radius 3 is 1.50 bits per heavy atom. The van der Waals surface area contributed by atoms with Crippen LogP contribution < -0.4 is 0 Å². The lowest BCUT2D eigenvalue weighted by Gasteiger charge is -2.46. The van der Waals surface area contributed by atoms with E-state index in [1.165, 1.54) is 6.42 Å². The van der Waals surface area contributed by atoms with Crippen LogP contribution in [0.5, 0.6) is 0 Å². The van der Waals surface area contributed by atoms with Crippen molar-refractivity contribution in [1.29, 1.82) is 0 Å². The molecule has 3 aliphatic rings. The lowest BCUT2D eigenvalue weighted by Crippen LogP contribution is -2.64. The second kappa shape index (κ2) is 14.6. The average Bonchev–Trinajstić information content (AvgIpc) is 3.71. The molecule has 3 fully saturated rings. The summed E-state index contributed by atoms with van der Waals surface area (Å²) in [6, 6.07) is 41.0. The van der Waals surface area contributed by atoms with Gasteiger partial charge in [0.25, 0.3) is 0 Å². The van der Waals surface area contributed by atoms with Crippen LogP contribution in [0.25, 0.3) is 0 Å². The van der Waals surface area contributed by atoms with E-state index in [1.807, 2.05) is 72.8 Å². The van der Waals surface area contributed by atoms with E-state index in [-0.39, 0.29) is 0 Å². The average molecular weight is 621 g/mol. The molecule has 1 aliphatic carbocycles. The molecule has 0 unspecified atom stereocenters. The molecule has 5 atom stereocenters. The molecule has 46 heavy (non-hydrogen) atoms. The highest BCUT2D eigenvalue weighted by molar-refractivity contribution is 5.22. The van der Waals surface area contributed by atoms with E-state index in [1.54, 1.807) is 0 Å². The van der Waals surface area contributed by atoms with Crippen LogP contribution in [0.1, 0.15) is 54.4 Å². The van der Waals surface area contributed by atoms with E-state index in [0.717, 1.165) is 47.9 Å². The maximum atomic E-state index is 7.12. The normalized spacial score (nSPS) is 26.7. The fraction of sp³-hybridized carbons (Fsp3) is 0.400. The molecule has 0 radical (unpaired) electrons. The van der Waals surface area contributed by atoms with Gasteiger partial charge in [-0.3, -0.25) is 0 Å². The molecule has 2 spiro atoms. The van der Waals surface area contributed by atoms with Crippen LogP contribution >= 0.6 is 0 Å². The van der Waals surface area contributed by atoms with E-state index in [9.17, 15) is 0 Å². The fourth-order valence-corrected chi connectivity index (χ4v) is 7.12. The van der Waals surface area contributed by atoms with Crippen LogP contribution in [0.4, 0.5) is 0 Å². The van der Waals surface area contributed by atoms with Gasteiger partial charge in [0, 0.05) is 0 Å². The second-order valence-electron chi connectivity index (χ2n) is 12.7. The lowest BCUT2D eigenvalue weighted by molar-refractivity contribution is -0.305. The van der Waals surface area contributed by atoms with Crippen LogP contribution in [-0.2, 0) is 54.8 Å². The predicted octanol–water partition coefficient (Wildman–Crippen LogP) is 7.79. The molecule has 6 heteroatoms. The first-order valence-corrected chi connectivity index (χ1v) is 16.7. The molecule has 0 bridgehead atoms. The SMILES string of the molecule is c1ccc(COC[C@H]2O[C@@]3(OC34CCCCC4)[C@H](OCc3ccccc3)[C@@H](OCc3ccccc3)[C@@H]2OCc2ccccc2)cc1. The highest BCUT2D eigenvalue weighted by atomic mass is 16.8. The third-order valence-electron chi connectivity index (χ3n) is 9.53. The van der Waals surface area contributed by atoms with Crippen LogP contribution in [0.15, 0.2) is 121 Å². The summed E-state index contributed by atoms with van der Waals surface area (Å²) in [5.74, 6) is -0.934. The van der Waals surface area contributed by atoms with Gasteiger partial charge in [-0.1, -0.05) is 141 Å². The second-order valence-corrected chi connectivity index (χ2v) is 12.7. The summed E-state index contributed by atoms with van der Waals surface area (Å²) in [6.07, 6.45) is 3.45. The summed E-state index contributed by atoms with van der Waals surface area (Å²) in [5, 5.41) is 0. The van der Waals surface area contributed by atoms with Gasteiger partial charge in [-0.05, 0) is 35.1 Å². The number of hydrogen-bond donors (Lipinski definition) is 0. The third-order valence-corrected chi connectivity index (χ3v) is 9.53. The zero-order valence-electron chi connectivity index (χ0n) is 26.4. The van der Waals surface area contributed by atoms with Crippen LogP contribution in [0.3, 0.4) is 0 Å². The predicted molar refractivity (Wildman–Crippen MR) is 176 cm³/mol. The minimum absolute atomic E-state index is 0.339. The molecule has 0 N–H and O–H groups in total. The van der Waals surface area contributed by atoms with Gasteiger partial charge in [-0.15, -0.1) is 0 Å². The van der Waals surface area contributed by atoms with Crippen molar-refractivity contribution in [3.63, 3.8) is 0 Å². The number of benzene rings is 4. The third kappa shape index (κ3) is 6.98. The molecule has 2 heterocycles. The number of ether oxygens (including phenoxy) is 6. The van der Waals surface area contributed by atoms with Gasteiger partial charge in [0.1, 0.15) is 30.0 Å². The largest absolute Gasteiger partial charge is 0.374 e. The molecular weight excluding hydrogens is 576 g/mol. The van der Waals surface area contributed by atoms with Gasteiger partial charge in [-0.2, -0.15) is 0 Å². The number of hydrogen-bond acceptors (Lipinski definition) is 6. The number of rotatable bonds is 13. The van der Waals surface area contributed by atoms with E-state index in [4.69, 9.17) is 28.4 Å². The summed E-state index contributed by atoms with van der Waals surface area (Å²) in [5.41, 5.74) is 3.98. The molecule has 4 aromatic carbocycles. The van der Waals surface area contributed by atoms with Crippen molar-refractivity contribution in [2.24, 2.45) is 0 Å². The number of fused-ring (bicyclic) bond motifs is 1. The van der Waals surface area contributed by atoms with Crippen molar-refractivity contribution in [3.05, 3.63) is 144 Å². The topological polar surface area (TPSA) is 58.7 Å². The van der Waals surface area contributed by atoms with Gasteiger partial charge in [-0.25, -0.2) is 0 Å². The molecule has 0 aromatic heterocycles. The first kappa shape index (κ1) is 31.3. The Bertz CT molecular complexity index is 1480. The van der Waals surface area contributed by atoms with Crippen LogP contribution in [0.2, 0.25) is 0 Å². The van der Waals surface area contributed by atoms with Crippen LogP contribution in [0, 0.1) is 0 Å². The van der Waals surface area contributed by atoms with Crippen molar-refractivity contribution in [2.45, 2.75) is 94.3 Å². The van der Waals surface area contributed by atoms with E-state index in [2.05, 4.69) is 48.5 Å². The summed E-state index contributed by atoms with van der Waals surface area (Å²) < 4.78 is 40.9. The summed E-state index contributed by atoms with van der Waals surface area (Å²) in [6.45, 7) is 2.07. The van der Waals surface area contributed by atoms with Gasteiger partial charge in [0.2, 0.25) is 5.79 Å². The highest BCUT2D eigenvalue weighted by Gasteiger charge is 2.79. The van der Waals surface area contributed by atoms with Gasteiger partial charge < -0.3 is 28.4 Å². The Labute approximate surface area is 272 Å². The van der Waals surface area contributed by atoms with Gasteiger partial charge >= 0.3 is 0 Å². The van der Waals surface area contributed by atoms with E-state index < -0.39 is 35.8 Å². The monoisotopic (exact) mass is 620 g/mol.